The Hall–Kier alpha value is -1.12. The molecular weight excluding hydrogens is 260 g/mol. The van der Waals surface area contributed by atoms with Gasteiger partial charge in [0.25, 0.3) is 0 Å². The third-order valence-corrected chi connectivity index (χ3v) is 3.26. The lowest BCUT2D eigenvalue weighted by molar-refractivity contribution is -0.111. The minimum absolute atomic E-state index is 0.194. The molecule has 0 aromatic carbocycles. The average Bonchev–Trinajstić information content (AvgIpc) is 2.46. The van der Waals surface area contributed by atoms with Gasteiger partial charge < -0.3 is 9.47 Å². The van der Waals surface area contributed by atoms with Gasteiger partial charge in [0.15, 0.2) is 6.29 Å². The minimum atomic E-state index is -0.194. The molecule has 21 heavy (non-hydrogen) atoms. The van der Waals surface area contributed by atoms with Crippen LogP contribution in [0.2, 0.25) is 0 Å². The van der Waals surface area contributed by atoms with Crippen LogP contribution in [0.15, 0.2) is 48.1 Å². The Bertz CT molecular complexity index is 358. The maximum Gasteiger partial charge on any atom is 0.179 e. The Kier molecular flexibility index (Phi) is 11.9. The van der Waals surface area contributed by atoms with Gasteiger partial charge in [0.2, 0.25) is 0 Å². The smallest absolute Gasteiger partial charge is 0.179 e. The summed E-state index contributed by atoms with van der Waals surface area (Å²) < 4.78 is 11.2. The molecule has 0 aliphatic rings. The Morgan fingerprint density at radius 3 is 2.10 bits per heavy atom. The largest absolute Gasteiger partial charge is 0.349 e. The standard InChI is InChI=1S/C19H32O2/c1-7-16(4)12-10-13-17(5)14-11-15-18(6)19(20-8-2)21-9-3/h7,13,15,19H,1,4,8-12,14H2,2-3,5-6H3. The van der Waals surface area contributed by atoms with E-state index in [9.17, 15) is 0 Å². The third-order valence-electron chi connectivity index (χ3n) is 3.26. The van der Waals surface area contributed by atoms with Crippen molar-refractivity contribution in [2.75, 3.05) is 13.2 Å². The summed E-state index contributed by atoms with van der Waals surface area (Å²) >= 11 is 0. The van der Waals surface area contributed by atoms with Gasteiger partial charge in [-0.15, -0.1) is 0 Å². The van der Waals surface area contributed by atoms with Crippen molar-refractivity contribution < 1.29 is 9.47 Å². The molecule has 0 fully saturated rings. The van der Waals surface area contributed by atoms with Crippen LogP contribution in [0.5, 0.6) is 0 Å². The van der Waals surface area contributed by atoms with Gasteiger partial charge in [0.1, 0.15) is 0 Å². The van der Waals surface area contributed by atoms with E-state index in [1.165, 1.54) is 5.57 Å². The van der Waals surface area contributed by atoms with Crippen LogP contribution in [0.1, 0.15) is 53.4 Å². The molecule has 2 heteroatoms. The van der Waals surface area contributed by atoms with Gasteiger partial charge >= 0.3 is 0 Å². The highest BCUT2D eigenvalue weighted by atomic mass is 16.7. The van der Waals surface area contributed by atoms with Crippen molar-refractivity contribution in [2.24, 2.45) is 0 Å². The van der Waals surface area contributed by atoms with Gasteiger partial charge in [-0.2, -0.15) is 0 Å². The van der Waals surface area contributed by atoms with E-state index in [1.807, 2.05) is 19.9 Å². The quantitative estimate of drug-likeness (QED) is 0.265. The van der Waals surface area contributed by atoms with E-state index in [1.54, 1.807) is 0 Å². The summed E-state index contributed by atoms with van der Waals surface area (Å²) in [5.74, 6) is 0. The van der Waals surface area contributed by atoms with E-state index in [0.29, 0.717) is 13.2 Å². The lowest BCUT2D eigenvalue weighted by atomic mass is 10.1. The topological polar surface area (TPSA) is 18.5 Å². The van der Waals surface area contributed by atoms with E-state index in [-0.39, 0.29) is 6.29 Å². The average molecular weight is 292 g/mol. The zero-order chi connectivity index (χ0) is 16.1. The summed E-state index contributed by atoms with van der Waals surface area (Å²) in [6.07, 6.45) is 10.3. The molecular formula is C19H32O2. The second-order valence-electron chi connectivity index (χ2n) is 5.18. The van der Waals surface area contributed by atoms with Crippen LogP contribution >= 0.6 is 0 Å². The second-order valence-corrected chi connectivity index (χ2v) is 5.18. The van der Waals surface area contributed by atoms with Crippen molar-refractivity contribution >= 4 is 0 Å². The molecule has 0 saturated heterocycles. The predicted octanol–water partition coefficient (Wildman–Crippen LogP) is 5.58. The van der Waals surface area contributed by atoms with Gasteiger partial charge in [-0.1, -0.05) is 42.5 Å². The fourth-order valence-electron chi connectivity index (χ4n) is 1.95. The van der Waals surface area contributed by atoms with Crippen LogP contribution in [0.3, 0.4) is 0 Å². The third kappa shape index (κ3) is 10.3. The second kappa shape index (κ2) is 12.6. The van der Waals surface area contributed by atoms with Crippen LogP contribution in [0, 0.1) is 0 Å². The van der Waals surface area contributed by atoms with Crippen molar-refractivity contribution in [3.8, 4) is 0 Å². The van der Waals surface area contributed by atoms with E-state index < -0.39 is 0 Å². The number of hydrogen-bond donors (Lipinski definition) is 0. The molecule has 0 aliphatic heterocycles. The molecule has 0 atom stereocenters. The minimum Gasteiger partial charge on any atom is -0.349 e. The van der Waals surface area contributed by atoms with E-state index in [2.05, 4.69) is 39.2 Å². The molecule has 0 aliphatic carbocycles. The summed E-state index contributed by atoms with van der Waals surface area (Å²) in [5.41, 5.74) is 3.68. The molecule has 0 spiro atoms. The maximum atomic E-state index is 5.58. The van der Waals surface area contributed by atoms with Crippen LogP contribution < -0.4 is 0 Å². The van der Waals surface area contributed by atoms with Crippen molar-refractivity contribution in [2.45, 2.75) is 59.7 Å². The fraction of sp³-hybridized carbons (Fsp3) is 0.579. The molecule has 0 saturated carbocycles. The first-order valence-electron chi connectivity index (χ1n) is 7.90. The first-order valence-corrected chi connectivity index (χ1v) is 7.90. The summed E-state index contributed by atoms with van der Waals surface area (Å²) in [5, 5.41) is 0. The molecule has 0 radical (unpaired) electrons. The predicted molar refractivity (Wildman–Crippen MR) is 92.4 cm³/mol. The lowest BCUT2D eigenvalue weighted by Crippen LogP contribution is -2.18. The first-order chi connectivity index (χ1) is 10.0. The fourth-order valence-corrected chi connectivity index (χ4v) is 1.95. The van der Waals surface area contributed by atoms with E-state index in [0.717, 1.165) is 36.8 Å². The molecule has 0 aromatic rings. The van der Waals surface area contributed by atoms with Crippen LogP contribution in [-0.4, -0.2) is 19.5 Å². The molecule has 120 valence electrons. The molecule has 0 rings (SSSR count). The van der Waals surface area contributed by atoms with Crippen LogP contribution in [0.4, 0.5) is 0 Å². The van der Waals surface area contributed by atoms with Gasteiger partial charge in [-0.3, -0.25) is 0 Å². The molecule has 0 bridgehead atoms. The van der Waals surface area contributed by atoms with Crippen LogP contribution in [0.25, 0.3) is 0 Å². The SMILES string of the molecule is C=CC(=C)CCC=C(C)CCC=C(C)C(OCC)OCC. The van der Waals surface area contributed by atoms with Crippen LogP contribution in [-0.2, 0) is 9.47 Å². The Labute approximate surface area is 131 Å². The molecule has 0 N–H and O–H groups in total. The zero-order valence-corrected chi connectivity index (χ0v) is 14.3. The molecule has 0 unspecified atom stereocenters. The number of allylic oxidation sites excluding steroid dienone is 5. The van der Waals surface area contributed by atoms with Crippen molar-refractivity contribution in [1.82, 2.24) is 0 Å². The highest BCUT2D eigenvalue weighted by Crippen LogP contribution is 2.14. The monoisotopic (exact) mass is 292 g/mol. The van der Waals surface area contributed by atoms with E-state index >= 15 is 0 Å². The van der Waals surface area contributed by atoms with Gasteiger partial charge in [-0.05, 0) is 59.0 Å². The van der Waals surface area contributed by atoms with Gasteiger partial charge in [0, 0.05) is 13.2 Å². The molecule has 2 nitrogen and oxygen atoms in total. The summed E-state index contributed by atoms with van der Waals surface area (Å²) in [6, 6.07) is 0. The van der Waals surface area contributed by atoms with Crippen molar-refractivity contribution in [3.05, 3.63) is 48.1 Å². The molecule has 0 amide bonds. The number of hydrogen-bond acceptors (Lipinski definition) is 2. The summed E-state index contributed by atoms with van der Waals surface area (Å²) in [7, 11) is 0. The maximum absolute atomic E-state index is 5.58. The molecule has 0 aromatic heterocycles. The Balaban J connectivity index is 4.18. The number of ether oxygens (including phenoxy) is 2. The highest BCUT2D eigenvalue weighted by Gasteiger charge is 2.09. The number of rotatable bonds is 12. The first kappa shape index (κ1) is 19.9. The highest BCUT2D eigenvalue weighted by molar-refractivity contribution is 5.12. The Morgan fingerprint density at radius 2 is 1.57 bits per heavy atom. The summed E-state index contributed by atoms with van der Waals surface area (Å²) in [6.45, 7) is 17.2. The Morgan fingerprint density at radius 1 is 1.00 bits per heavy atom. The van der Waals surface area contributed by atoms with E-state index in [4.69, 9.17) is 9.47 Å². The van der Waals surface area contributed by atoms with Gasteiger partial charge in [-0.25, -0.2) is 0 Å². The lowest BCUT2D eigenvalue weighted by Gasteiger charge is -2.17. The van der Waals surface area contributed by atoms with Crippen molar-refractivity contribution in [3.63, 3.8) is 0 Å². The molecule has 0 heterocycles. The zero-order valence-electron chi connectivity index (χ0n) is 14.3. The normalized spacial score (nSPS) is 12.8. The van der Waals surface area contributed by atoms with Gasteiger partial charge in [0.05, 0.1) is 0 Å². The summed E-state index contributed by atoms with van der Waals surface area (Å²) in [4.78, 5) is 0. The van der Waals surface area contributed by atoms with Crippen molar-refractivity contribution in [1.29, 1.82) is 0 Å².